The van der Waals surface area contributed by atoms with Crippen molar-refractivity contribution < 1.29 is 9.53 Å². The highest BCUT2D eigenvalue weighted by Crippen LogP contribution is 2.48. The molecule has 0 spiro atoms. The van der Waals surface area contributed by atoms with Gasteiger partial charge in [0, 0.05) is 41.7 Å². The summed E-state index contributed by atoms with van der Waals surface area (Å²) in [6, 6.07) is 32.9. The van der Waals surface area contributed by atoms with E-state index in [2.05, 4.69) is 53.6 Å². The molecule has 5 nitrogen and oxygen atoms in total. The van der Waals surface area contributed by atoms with Gasteiger partial charge in [0.2, 0.25) is 5.91 Å². The fourth-order valence-corrected chi connectivity index (χ4v) is 6.59. The Morgan fingerprint density at radius 1 is 0.925 bits per heavy atom. The molecule has 2 atom stereocenters. The van der Waals surface area contributed by atoms with Crippen LogP contribution in [0.3, 0.4) is 0 Å². The molecule has 2 unspecified atom stereocenters. The standard InChI is InChI=1S/C35H33N3O2/c1-35(23-36,34(39)38-20-18-25(19-21-38)30-22-37-31-16-7-5-13-27(30)31)33(29-14-6-8-17-32(29)40-2)28-15-9-11-24-10-3-4-12-26(24)28/h3-17,22,25,33,37H,18-21H2,1-2H3. The first-order valence-electron chi connectivity index (χ1n) is 13.9. The molecule has 0 radical (unpaired) electrons. The van der Waals surface area contributed by atoms with Crippen LogP contribution in [0.15, 0.2) is 97.2 Å². The molecule has 40 heavy (non-hydrogen) atoms. The number of aromatic amines is 1. The van der Waals surface area contributed by atoms with E-state index < -0.39 is 11.3 Å². The number of hydrogen-bond donors (Lipinski definition) is 1. The van der Waals surface area contributed by atoms with Gasteiger partial charge in [0.05, 0.1) is 13.2 Å². The molecule has 1 fully saturated rings. The van der Waals surface area contributed by atoms with Crippen LogP contribution < -0.4 is 4.74 Å². The monoisotopic (exact) mass is 527 g/mol. The van der Waals surface area contributed by atoms with Crippen molar-refractivity contribution in [1.29, 1.82) is 5.26 Å². The van der Waals surface area contributed by atoms with Crippen LogP contribution in [0.25, 0.3) is 21.7 Å². The molecule has 5 aromatic rings. The number of carbonyl (C=O) groups is 1. The summed E-state index contributed by atoms with van der Waals surface area (Å²) >= 11 is 0. The van der Waals surface area contributed by atoms with Gasteiger partial charge in [-0.2, -0.15) is 5.26 Å². The van der Waals surface area contributed by atoms with E-state index in [1.54, 1.807) is 14.0 Å². The smallest absolute Gasteiger partial charge is 0.243 e. The molecule has 1 amide bonds. The molecule has 0 aliphatic carbocycles. The van der Waals surface area contributed by atoms with Crippen molar-refractivity contribution in [3.8, 4) is 11.8 Å². The second-order valence-corrected chi connectivity index (χ2v) is 10.9. The van der Waals surface area contributed by atoms with Gasteiger partial charge in [-0.1, -0.05) is 78.9 Å². The van der Waals surface area contributed by atoms with E-state index in [1.165, 1.54) is 10.9 Å². The van der Waals surface area contributed by atoms with Crippen LogP contribution in [0, 0.1) is 16.7 Å². The second kappa shape index (κ2) is 10.5. The number of piperidine rings is 1. The van der Waals surface area contributed by atoms with Crippen LogP contribution >= 0.6 is 0 Å². The highest BCUT2D eigenvalue weighted by molar-refractivity contribution is 5.92. The molecule has 5 heteroatoms. The van der Waals surface area contributed by atoms with E-state index in [4.69, 9.17) is 4.74 Å². The topological polar surface area (TPSA) is 69.1 Å². The number of para-hydroxylation sites is 2. The molecule has 6 rings (SSSR count). The summed E-state index contributed by atoms with van der Waals surface area (Å²) in [6.07, 6.45) is 3.84. The number of nitrogens with zero attached hydrogens (tertiary/aromatic N) is 2. The number of nitriles is 1. The fraction of sp³-hybridized carbons (Fsp3) is 0.257. The number of ether oxygens (including phenoxy) is 1. The lowest BCUT2D eigenvalue weighted by molar-refractivity contribution is -0.140. The Hall–Kier alpha value is -4.56. The predicted octanol–water partition coefficient (Wildman–Crippen LogP) is 7.40. The fourth-order valence-electron chi connectivity index (χ4n) is 6.59. The maximum absolute atomic E-state index is 14.4. The second-order valence-electron chi connectivity index (χ2n) is 10.9. The quantitative estimate of drug-likeness (QED) is 0.250. The summed E-state index contributed by atoms with van der Waals surface area (Å²) in [5, 5.41) is 14.2. The highest BCUT2D eigenvalue weighted by atomic mass is 16.5. The number of H-pyrrole nitrogens is 1. The maximum Gasteiger partial charge on any atom is 0.243 e. The molecule has 1 aromatic heterocycles. The van der Waals surface area contributed by atoms with Gasteiger partial charge in [-0.15, -0.1) is 0 Å². The summed E-state index contributed by atoms with van der Waals surface area (Å²) in [4.78, 5) is 19.7. The van der Waals surface area contributed by atoms with E-state index in [9.17, 15) is 10.1 Å². The van der Waals surface area contributed by atoms with Crippen molar-refractivity contribution in [2.24, 2.45) is 5.41 Å². The number of amides is 1. The Morgan fingerprint density at radius 2 is 1.57 bits per heavy atom. The third kappa shape index (κ3) is 4.30. The molecule has 4 aromatic carbocycles. The lowest BCUT2D eigenvalue weighted by Gasteiger charge is -2.39. The number of hydrogen-bond acceptors (Lipinski definition) is 3. The minimum atomic E-state index is -1.34. The van der Waals surface area contributed by atoms with Crippen molar-refractivity contribution in [1.82, 2.24) is 9.88 Å². The summed E-state index contributed by atoms with van der Waals surface area (Å²) in [7, 11) is 1.64. The largest absolute Gasteiger partial charge is 0.496 e. The first-order chi connectivity index (χ1) is 19.5. The Bertz CT molecular complexity index is 1720. The number of aromatic nitrogens is 1. The highest BCUT2D eigenvalue weighted by Gasteiger charge is 2.47. The molecule has 1 N–H and O–H groups in total. The third-order valence-corrected chi connectivity index (χ3v) is 8.68. The van der Waals surface area contributed by atoms with Gasteiger partial charge in [-0.3, -0.25) is 4.79 Å². The molecule has 200 valence electrons. The molecule has 0 bridgehead atoms. The molecule has 0 saturated carbocycles. The van der Waals surface area contributed by atoms with Crippen molar-refractivity contribution in [3.63, 3.8) is 0 Å². The normalized spacial score (nSPS) is 16.4. The van der Waals surface area contributed by atoms with Gasteiger partial charge >= 0.3 is 0 Å². The number of benzene rings is 4. The zero-order valence-corrected chi connectivity index (χ0v) is 22.9. The minimum absolute atomic E-state index is 0.129. The Kier molecular flexibility index (Phi) is 6.77. The maximum atomic E-state index is 14.4. The van der Waals surface area contributed by atoms with Crippen molar-refractivity contribution in [3.05, 3.63) is 114 Å². The third-order valence-electron chi connectivity index (χ3n) is 8.68. The number of rotatable bonds is 6. The molecule has 2 heterocycles. The van der Waals surface area contributed by atoms with E-state index in [0.29, 0.717) is 24.8 Å². The first-order valence-corrected chi connectivity index (χ1v) is 13.9. The SMILES string of the molecule is COc1ccccc1C(c1cccc2ccccc12)C(C)(C#N)C(=O)N1CCC(c2c[nH]c3ccccc23)CC1. The number of methoxy groups -OCH3 is 1. The lowest BCUT2D eigenvalue weighted by atomic mass is 9.68. The van der Waals surface area contributed by atoms with E-state index in [0.717, 1.165) is 40.3 Å². The van der Waals surface area contributed by atoms with E-state index in [-0.39, 0.29) is 5.91 Å². The van der Waals surface area contributed by atoms with Gasteiger partial charge in [0.1, 0.15) is 11.2 Å². The molecular formula is C35H33N3O2. The zero-order chi connectivity index (χ0) is 27.7. The van der Waals surface area contributed by atoms with Crippen molar-refractivity contribution in [2.75, 3.05) is 20.2 Å². The Balaban J connectivity index is 1.37. The summed E-state index contributed by atoms with van der Waals surface area (Å²) in [5.74, 6) is 0.402. The number of nitrogens with one attached hydrogen (secondary N) is 1. The average molecular weight is 528 g/mol. The van der Waals surface area contributed by atoms with Gasteiger partial charge < -0.3 is 14.6 Å². The summed E-state index contributed by atoms with van der Waals surface area (Å²) in [5.41, 5.74) is 2.91. The van der Waals surface area contributed by atoms with E-state index in [1.807, 2.05) is 59.5 Å². The first kappa shape index (κ1) is 25.7. The number of likely N-dealkylation sites (tertiary alicyclic amines) is 1. The lowest BCUT2D eigenvalue weighted by Crippen LogP contribution is -2.48. The van der Waals surface area contributed by atoms with Crippen molar-refractivity contribution in [2.45, 2.75) is 31.6 Å². The molecular weight excluding hydrogens is 494 g/mol. The van der Waals surface area contributed by atoms with Crippen LogP contribution in [-0.4, -0.2) is 36.0 Å². The average Bonchev–Trinajstić information content (AvgIpc) is 3.45. The van der Waals surface area contributed by atoms with E-state index >= 15 is 0 Å². The summed E-state index contributed by atoms with van der Waals surface area (Å²) < 4.78 is 5.78. The Labute approximate surface area is 235 Å². The Morgan fingerprint density at radius 3 is 2.35 bits per heavy atom. The van der Waals surface area contributed by atoms with Gasteiger partial charge in [0.15, 0.2) is 0 Å². The van der Waals surface area contributed by atoms with Crippen LogP contribution in [0.1, 0.15) is 48.3 Å². The van der Waals surface area contributed by atoms with Gasteiger partial charge in [-0.05, 0) is 59.7 Å². The molecule has 1 saturated heterocycles. The van der Waals surface area contributed by atoms with Crippen molar-refractivity contribution >= 4 is 27.6 Å². The predicted molar refractivity (Wildman–Crippen MR) is 159 cm³/mol. The number of carbonyl (C=O) groups excluding carboxylic acids is 1. The number of fused-ring (bicyclic) bond motifs is 2. The van der Waals surface area contributed by atoms with Gasteiger partial charge in [0.25, 0.3) is 0 Å². The van der Waals surface area contributed by atoms with Gasteiger partial charge in [-0.25, -0.2) is 0 Å². The van der Waals surface area contributed by atoms with Crippen LogP contribution in [-0.2, 0) is 4.79 Å². The zero-order valence-electron chi connectivity index (χ0n) is 22.9. The minimum Gasteiger partial charge on any atom is -0.496 e. The van der Waals surface area contributed by atoms with Crippen LogP contribution in [0.2, 0.25) is 0 Å². The summed E-state index contributed by atoms with van der Waals surface area (Å²) in [6.45, 7) is 3.04. The molecule has 1 aliphatic heterocycles. The molecule has 1 aliphatic rings. The van der Waals surface area contributed by atoms with Crippen LogP contribution in [0.4, 0.5) is 0 Å². The van der Waals surface area contributed by atoms with Crippen LogP contribution in [0.5, 0.6) is 5.75 Å².